The second-order valence-corrected chi connectivity index (χ2v) is 10.8. The highest BCUT2D eigenvalue weighted by Gasteiger charge is 2.44. The number of carbonyl (C=O) groups is 1. The van der Waals surface area contributed by atoms with E-state index in [4.69, 9.17) is 4.74 Å². The van der Waals surface area contributed by atoms with Crippen molar-refractivity contribution < 1.29 is 17.9 Å². The highest BCUT2D eigenvalue weighted by atomic mass is 32.2. The van der Waals surface area contributed by atoms with Crippen LogP contribution in [0.25, 0.3) is 0 Å². The normalized spacial score (nSPS) is 21.3. The van der Waals surface area contributed by atoms with E-state index in [1.807, 2.05) is 35.6 Å². The maximum Gasteiger partial charge on any atom is 0.254 e. The summed E-state index contributed by atoms with van der Waals surface area (Å²) in [4.78, 5) is 14.8. The van der Waals surface area contributed by atoms with Crippen molar-refractivity contribution in [2.45, 2.75) is 37.6 Å². The topological polar surface area (TPSA) is 66.9 Å². The number of ether oxygens (including phenoxy) is 1. The summed E-state index contributed by atoms with van der Waals surface area (Å²) in [5.41, 5.74) is 0.413. The van der Waals surface area contributed by atoms with Crippen molar-refractivity contribution in [2.24, 2.45) is 5.41 Å². The van der Waals surface area contributed by atoms with Crippen LogP contribution >= 0.6 is 11.3 Å². The number of likely N-dealkylation sites (tertiary alicyclic amines) is 1. The first-order valence-corrected chi connectivity index (χ1v) is 12.3. The minimum atomic E-state index is -3.65. The number of nitrogens with zero attached hydrogens (tertiary/aromatic N) is 2. The van der Waals surface area contributed by atoms with Crippen molar-refractivity contribution in [3.63, 3.8) is 0 Å². The molecule has 0 bridgehead atoms. The number of para-hydroxylation sites is 1. The number of hydrogen-bond donors (Lipinski definition) is 0. The maximum absolute atomic E-state index is 13.4. The molecule has 1 aromatic heterocycles. The van der Waals surface area contributed by atoms with E-state index >= 15 is 0 Å². The smallest absolute Gasteiger partial charge is 0.254 e. The van der Waals surface area contributed by atoms with Crippen LogP contribution in [-0.2, 0) is 10.0 Å². The lowest BCUT2D eigenvalue weighted by Gasteiger charge is -2.45. The molecule has 0 N–H and O–H groups in total. The van der Waals surface area contributed by atoms with E-state index in [0.717, 1.165) is 5.56 Å². The van der Waals surface area contributed by atoms with Crippen LogP contribution in [0.3, 0.4) is 0 Å². The molecule has 29 heavy (non-hydrogen) atoms. The molecule has 0 unspecified atom stereocenters. The van der Waals surface area contributed by atoms with Crippen LogP contribution in [0.5, 0.6) is 5.75 Å². The molecule has 3 heterocycles. The number of thiophene rings is 1. The Balaban J connectivity index is 1.60. The number of benzene rings is 1. The van der Waals surface area contributed by atoms with E-state index in [2.05, 4.69) is 0 Å². The molecule has 4 rings (SSSR count). The van der Waals surface area contributed by atoms with Gasteiger partial charge in [-0.3, -0.25) is 4.79 Å². The van der Waals surface area contributed by atoms with Gasteiger partial charge in [0.15, 0.2) is 0 Å². The third-order valence-corrected chi connectivity index (χ3v) is 8.66. The predicted octanol–water partition coefficient (Wildman–Crippen LogP) is 3.46. The van der Waals surface area contributed by atoms with Crippen molar-refractivity contribution in [1.82, 2.24) is 9.21 Å². The fraction of sp³-hybridized carbons (Fsp3) is 0.476. The largest absolute Gasteiger partial charge is 0.492 e. The molecule has 0 saturated carbocycles. The Morgan fingerprint density at radius 1 is 1.17 bits per heavy atom. The highest BCUT2D eigenvalue weighted by Crippen LogP contribution is 2.40. The van der Waals surface area contributed by atoms with E-state index in [0.29, 0.717) is 44.8 Å². The number of hydrogen-bond acceptors (Lipinski definition) is 5. The molecule has 0 aliphatic carbocycles. The zero-order chi connectivity index (χ0) is 20.6. The van der Waals surface area contributed by atoms with Gasteiger partial charge in [0, 0.05) is 36.5 Å². The Hall–Kier alpha value is -1.90. The fourth-order valence-corrected chi connectivity index (χ4v) is 6.63. The second kappa shape index (κ2) is 7.74. The second-order valence-electron chi connectivity index (χ2n) is 8.18. The maximum atomic E-state index is 13.4. The number of piperidine rings is 1. The van der Waals surface area contributed by atoms with Crippen LogP contribution in [0.2, 0.25) is 0 Å². The summed E-state index contributed by atoms with van der Waals surface area (Å²) in [5, 5.41) is 3.78. The molecule has 8 heteroatoms. The quantitative estimate of drug-likeness (QED) is 0.726. The van der Waals surface area contributed by atoms with Crippen LogP contribution in [0, 0.1) is 5.41 Å². The average Bonchev–Trinajstić information content (AvgIpc) is 3.25. The van der Waals surface area contributed by atoms with Crippen LogP contribution < -0.4 is 4.74 Å². The molecule has 2 aliphatic rings. The standard InChI is InChI=1S/C21H26N2O4S2/c1-16(2)23-14-21(15-27-18-5-3-4-6-19(18)29(23,25)26)8-10-22(11-9-21)20(24)17-7-12-28-13-17/h3-7,12-13,16H,8-11,14-15H2,1-2H3. The first kappa shape index (κ1) is 20.4. The van der Waals surface area contributed by atoms with Crippen LogP contribution in [0.1, 0.15) is 37.0 Å². The van der Waals surface area contributed by atoms with E-state index < -0.39 is 10.0 Å². The Kier molecular flexibility index (Phi) is 5.44. The summed E-state index contributed by atoms with van der Waals surface area (Å²) < 4.78 is 34.4. The van der Waals surface area contributed by atoms with Crippen molar-refractivity contribution in [1.29, 1.82) is 0 Å². The van der Waals surface area contributed by atoms with E-state index in [-0.39, 0.29) is 22.3 Å². The molecule has 1 spiro atoms. The first-order valence-electron chi connectivity index (χ1n) is 9.88. The summed E-state index contributed by atoms with van der Waals surface area (Å²) in [7, 11) is -3.65. The average molecular weight is 435 g/mol. The van der Waals surface area contributed by atoms with Crippen LogP contribution in [0.4, 0.5) is 0 Å². The van der Waals surface area contributed by atoms with Crippen molar-refractivity contribution in [2.75, 3.05) is 26.2 Å². The van der Waals surface area contributed by atoms with Crippen molar-refractivity contribution in [3.05, 3.63) is 46.7 Å². The van der Waals surface area contributed by atoms with E-state index in [9.17, 15) is 13.2 Å². The summed E-state index contributed by atoms with van der Waals surface area (Å²) in [5.74, 6) is 0.459. The Morgan fingerprint density at radius 3 is 2.55 bits per heavy atom. The van der Waals surface area contributed by atoms with Gasteiger partial charge in [-0.05, 0) is 50.3 Å². The number of fused-ring (bicyclic) bond motifs is 1. The lowest BCUT2D eigenvalue weighted by Crippen LogP contribution is -2.53. The van der Waals surface area contributed by atoms with Gasteiger partial charge in [0.1, 0.15) is 10.6 Å². The van der Waals surface area contributed by atoms with E-state index in [1.54, 1.807) is 28.6 Å². The number of sulfonamides is 1. The molecule has 6 nitrogen and oxygen atoms in total. The molecule has 0 radical (unpaired) electrons. The van der Waals surface area contributed by atoms with Crippen LogP contribution in [-0.4, -0.2) is 55.8 Å². The zero-order valence-corrected chi connectivity index (χ0v) is 18.3. The predicted molar refractivity (Wildman–Crippen MR) is 113 cm³/mol. The van der Waals surface area contributed by atoms with Gasteiger partial charge in [-0.2, -0.15) is 15.6 Å². The lowest BCUT2D eigenvalue weighted by molar-refractivity contribution is 0.0270. The monoisotopic (exact) mass is 434 g/mol. The van der Waals surface area contributed by atoms with Gasteiger partial charge >= 0.3 is 0 Å². The van der Waals surface area contributed by atoms with Gasteiger partial charge in [-0.15, -0.1) is 0 Å². The molecular formula is C21H26N2O4S2. The first-order chi connectivity index (χ1) is 13.8. The Morgan fingerprint density at radius 2 is 1.90 bits per heavy atom. The Labute approximate surface area is 176 Å². The third-order valence-electron chi connectivity index (χ3n) is 5.92. The molecule has 1 aromatic carbocycles. The van der Waals surface area contributed by atoms with Gasteiger partial charge in [-0.25, -0.2) is 8.42 Å². The molecule has 0 atom stereocenters. The zero-order valence-electron chi connectivity index (χ0n) is 16.7. The molecule has 1 saturated heterocycles. The minimum absolute atomic E-state index is 0.0477. The van der Waals surface area contributed by atoms with Gasteiger partial charge in [0.2, 0.25) is 10.0 Å². The van der Waals surface area contributed by atoms with Gasteiger partial charge in [-0.1, -0.05) is 12.1 Å². The lowest BCUT2D eigenvalue weighted by atomic mass is 9.78. The van der Waals surface area contributed by atoms with Crippen LogP contribution in [0.15, 0.2) is 46.0 Å². The Bertz CT molecular complexity index is 978. The summed E-state index contributed by atoms with van der Waals surface area (Å²) >= 11 is 1.51. The van der Waals surface area contributed by atoms with Gasteiger partial charge in [0.05, 0.1) is 12.2 Å². The SMILES string of the molecule is CC(C)N1CC2(CCN(C(=O)c3ccsc3)CC2)COc2ccccc2S1(=O)=O. The third kappa shape index (κ3) is 3.81. The van der Waals surface area contributed by atoms with Gasteiger partial charge in [0.25, 0.3) is 5.91 Å². The molecule has 156 valence electrons. The summed E-state index contributed by atoms with van der Waals surface area (Å²) in [6, 6.07) is 8.54. The molecule has 1 amide bonds. The molecule has 2 aliphatic heterocycles. The number of carbonyl (C=O) groups excluding carboxylic acids is 1. The highest BCUT2D eigenvalue weighted by molar-refractivity contribution is 7.89. The van der Waals surface area contributed by atoms with Crippen molar-refractivity contribution in [3.8, 4) is 5.75 Å². The molecule has 2 aromatic rings. The fourth-order valence-electron chi connectivity index (χ4n) is 4.12. The van der Waals surface area contributed by atoms with Crippen molar-refractivity contribution >= 4 is 27.3 Å². The molecule has 1 fully saturated rings. The number of rotatable bonds is 2. The number of amides is 1. The summed E-state index contributed by atoms with van der Waals surface area (Å²) in [6.07, 6.45) is 1.42. The minimum Gasteiger partial charge on any atom is -0.492 e. The van der Waals surface area contributed by atoms with Gasteiger partial charge < -0.3 is 9.64 Å². The molecular weight excluding hydrogens is 408 g/mol. The summed E-state index contributed by atoms with van der Waals surface area (Å²) in [6.45, 7) is 5.87. The van der Waals surface area contributed by atoms with E-state index in [1.165, 1.54) is 11.3 Å².